The molecule has 0 saturated heterocycles. The highest BCUT2D eigenvalue weighted by Crippen LogP contribution is 2.33. The SMILES string of the molecule is COc1cc(/C=C/[N+](=O)[O-])c(OC)cc1Br. The van der Waals surface area contributed by atoms with E-state index >= 15 is 0 Å². The minimum atomic E-state index is -0.534. The van der Waals surface area contributed by atoms with E-state index in [-0.39, 0.29) is 0 Å². The molecule has 16 heavy (non-hydrogen) atoms. The van der Waals surface area contributed by atoms with Gasteiger partial charge >= 0.3 is 0 Å². The lowest BCUT2D eigenvalue weighted by Gasteiger charge is -2.08. The van der Waals surface area contributed by atoms with Gasteiger partial charge in [0.05, 0.1) is 23.6 Å². The molecule has 0 heterocycles. The maximum absolute atomic E-state index is 10.2. The molecule has 5 nitrogen and oxygen atoms in total. The summed E-state index contributed by atoms with van der Waals surface area (Å²) < 4.78 is 10.9. The lowest BCUT2D eigenvalue weighted by atomic mass is 10.2. The van der Waals surface area contributed by atoms with Gasteiger partial charge in [0.15, 0.2) is 0 Å². The predicted octanol–water partition coefficient (Wildman–Crippen LogP) is 2.71. The molecule has 0 aromatic heterocycles. The van der Waals surface area contributed by atoms with Gasteiger partial charge in [0.2, 0.25) is 6.20 Å². The van der Waals surface area contributed by atoms with Crippen LogP contribution in [0.1, 0.15) is 5.56 Å². The van der Waals surface area contributed by atoms with Crippen LogP contribution in [0.3, 0.4) is 0 Å². The van der Waals surface area contributed by atoms with Gasteiger partial charge < -0.3 is 9.47 Å². The van der Waals surface area contributed by atoms with E-state index in [4.69, 9.17) is 9.47 Å². The van der Waals surface area contributed by atoms with Crippen LogP contribution in [0.15, 0.2) is 22.8 Å². The number of benzene rings is 1. The summed E-state index contributed by atoms with van der Waals surface area (Å²) in [4.78, 5) is 9.70. The van der Waals surface area contributed by atoms with Crippen molar-refractivity contribution in [1.82, 2.24) is 0 Å². The fourth-order valence-electron chi connectivity index (χ4n) is 1.16. The summed E-state index contributed by atoms with van der Waals surface area (Å²) in [6.07, 6.45) is 2.21. The molecule has 0 atom stereocenters. The van der Waals surface area contributed by atoms with E-state index in [9.17, 15) is 10.1 Å². The summed E-state index contributed by atoms with van der Waals surface area (Å²) >= 11 is 3.30. The Kier molecular flexibility index (Phi) is 4.30. The summed E-state index contributed by atoms with van der Waals surface area (Å²) in [7, 11) is 3.02. The van der Waals surface area contributed by atoms with Crippen molar-refractivity contribution in [2.45, 2.75) is 0 Å². The van der Waals surface area contributed by atoms with Crippen LogP contribution < -0.4 is 9.47 Å². The normalized spacial score (nSPS) is 10.4. The molecule has 0 amide bonds. The van der Waals surface area contributed by atoms with Crippen LogP contribution in [0.4, 0.5) is 0 Å². The average Bonchev–Trinajstić information content (AvgIpc) is 2.26. The van der Waals surface area contributed by atoms with Gasteiger partial charge in [-0.15, -0.1) is 0 Å². The number of nitrogens with zero attached hydrogens (tertiary/aromatic N) is 1. The maximum atomic E-state index is 10.2. The van der Waals surface area contributed by atoms with Crippen LogP contribution in [0.25, 0.3) is 6.08 Å². The van der Waals surface area contributed by atoms with Crippen LogP contribution in [-0.2, 0) is 0 Å². The van der Waals surface area contributed by atoms with Gasteiger partial charge in [0.25, 0.3) is 0 Å². The molecule has 0 fully saturated rings. The van der Waals surface area contributed by atoms with Gasteiger partial charge in [-0.1, -0.05) is 0 Å². The molecule has 0 bridgehead atoms. The van der Waals surface area contributed by atoms with Crippen LogP contribution in [-0.4, -0.2) is 19.1 Å². The number of ether oxygens (including phenoxy) is 2. The van der Waals surface area contributed by atoms with E-state index < -0.39 is 4.92 Å². The van der Waals surface area contributed by atoms with E-state index in [0.29, 0.717) is 17.1 Å². The van der Waals surface area contributed by atoms with Crippen LogP contribution in [0, 0.1) is 10.1 Å². The van der Waals surface area contributed by atoms with Crippen molar-refractivity contribution in [2.75, 3.05) is 14.2 Å². The van der Waals surface area contributed by atoms with Crippen LogP contribution >= 0.6 is 15.9 Å². The molecule has 86 valence electrons. The van der Waals surface area contributed by atoms with E-state index in [2.05, 4.69) is 15.9 Å². The molecule has 0 radical (unpaired) electrons. The Labute approximate surface area is 101 Å². The third-order valence-electron chi connectivity index (χ3n) is 1.88. The molecule has 0 aliphatic rings. The molecule has 0 saturated carbocycles. The molecule has 0 unspecified atom stereocenters. The molecular formula is C10H10BrNO4. The number of hydrogen-bond acceptors (Lipinski definition) is 4. The predicted molar refractivity (Wildman–Crippen MR) is 63.3 cm³/mol. The maximum Gasteiger partial charge on any atom is 0.235 e. The van der Waals surface area contributed by atoms with Crippen molar-refractivity contribution in [2.24, 2.45) is 0 Å². The monoisotopic (exact) mass is 287 g/mol. The zero-order valence-corrected chi connectivity index (χ0v) is 10.4. The number of hydrogen-bond donors (Lipinski definition) is 0. The first-order chi connectivity index (χ1) is 7.58. The van der Waals surface area contributed by atoms with E-state index in [1.807, 2.05) is 0 Å². The summed E-state index contributed by atoms with van der Waals surface area (Å²) in [5.41, 5.74) is 0.583. The lowest BCUT2D eigenvalue weighted by Crippen LogP contribution is -1.92. The van der Waals surface area contributed by atoms with Crippen molar-refractivity contribution in [1.29, 1.82) is 0 Å². The van der Waals surface area contributed by atoms with Crippen molar-refractivity contribution in [3.8, 4) is 11.5 Å². The average molecular weight is 288 g/mol. The molecule has 6 heteroatoms. The Morgan fingerprint density at radius 1 is 1.31 bits per heavy atom. The zero-order valence-electron chi connectivity index (χ0n) is 8.77. The first-order valence-electron chi connectivity index (χ1n) is 4.31. The highest BCUT2D eigenvalue weighted by Gasteiger charge is 2.08. The van der Waals surface area contributed by atoms with E-state index in [0.717, 1.165) is 10.7 Å². The Morgan fingerprint density at radius 3 is 2.44 bits per heavy atom. The van der Waals surface area contributed by atoms with Crippen molar-refractivity contribution < 1.29 is 14.4 Å². The molecule has 0 aliphatic heterocycles. The third kappa shape index (κ3) is 2.96. The van der Waals surface area contributed by atoms with Crippen molar-refractivity contribution in [3.05, 3.63) is 38.5 Å². The van der Waals surface area contributed by atoms with Gasteiger partial charge in [-0.2, -0.15) is 0 Å². The van der Waals surface area contributed by atoms with Gasteiger partial charge in [-0.3, -0.25) is 10.1 Å². The summed E-state index contributed by atoms with van der Waals surface area (Å²) in [5, 5.41) is 10.2. The first-order valence-corrected chi connectivity index (χ1v) is 5.11. The van der Waals surface area contributed by atoms with Crippen LogP contribution in [0.2, 0.25) is 0 Å². The van der Waals surface area contributed by atoms with E-state index in [1.165, 1.54) is 20.3 Å². The fourth-order valence-corrected chi connectivity index (χ4v) is 1.64. The molecule has 0 aliphatic carbocycles. The smallest absolute Gasteiger partial charge is 0.235 e. The minimum Gasteiger partial charge on any atom is -0.496 e. The van der Waals surface area contributed by atoms with Crippen molar-refractivity contribution in [3.63, 3.8) is 0 Å². The minimum absolute atomic E-state index is 0.533. The Balaban J connectivity index is 3.19. The van der Waals surface area contributed by atoms with Gasteiger partial charge in [-0.25, -0.2) is 0 Å². The van der Waals surface area contributed by atoms with Crippen LogP contribution in [0.5, 0.6) is 11.5 Å². The molecule has 1 rings (SSSR count). The highest BCUT2D eigenvalue weighted by atomic mass is 79.9. The second-order valence-electron chi connectivity index (χ2n) is 2.83. The largest absolute Gasteiger partial charge is 0.496 e. The molecule has 0 spiro atoms. The summed E-state index contributed by atoms with van der Waals surface area (Å²) in [6.45, 7) is 0. The molecule has 1 aromatic carbocycles. The van der Waals surface area contributed by atoms with Gasteiger partial charge in [0, 0.05) is 11.6 Å². The van der Waals surface area contributed by atoms with E-state index in [1.54, 1.807) is 12.1 Å². The number of nitro groups is 1. The highest BCUT2D eigenvalue weighted by molar-refractivity contribution is 9.10. The third-order valence-corrected chi connectivity index (χ3v) is 2.50. The van der Waals surface area contributed by atoms with Gasteiger partial charge in [-0.05, 0) is 28.1 Å². The number of halogens is 1. The molecule has 0 N–H and O–H groups in total. The molecular weight excluding hydrogens is 278 g/mol. The number of methoxy groups -OCH3 is 2. The lowest BCUT2D eigenvalue weighted by molar-refractivity contribution is -0.400. The second-order valence-corrected chi connectivity index (χ2v) is 3.68. The fraction of sp³-hybridized carbons (Fsp3) is 0.200. The zero-order chi connectivity index (χ0) is 12.1. The summed E-state index contributed by atoms with van der Waals surface area (Å²) in [6, 6.07) is 3.35. The summed E-state index contributed by atoms with van der Waals surface area (Å²) in [5.74, 6) is 1.12. The van der Waals surface area contributed by atoms with Gasteiger partial charge in [0.1, 0.15) is 11.5 Å². The van der Waals surface area contributed by atoms with Crippen molar-refractivity contribution >= 4 is 22.0 Å². The Bertz CT molecular complexity index is 431. The topological polar surface area (TPSA) is 61.6 Å². The number of rotatable bonds is 4. The Morgan fingerprint density at radius 2 is 1.94 bits per heavy atom. The molecule has 1 aromatic rings. The first kappa shape index (κ1) is 12.5. The second kappa shape index (κ2) is 5.50. The quantitative estimate of drug-likeness (QED) is 0.631. The standard InChI is InChI=1S/C10H10BrNO4/c1-15-9-6-8(11)10(16-2)5-7(9)3-4-12(13)14/h3-6H,1-2H3/b4-3+. The Hall–Kier alpha value is -1.56.